The third-order valence-electron chi connectivity index (χ3n) is 2.88. The van der Waals surface area contributed by atoms with Gasteiger partial charge in [0.15, 0.2) is 0 Å². The fourth-order valence-electron chi connectivity index (χ4n) is 2.04. The molecule has 1 aromatic heterocycles. The number of benzene rings is 1. The Morgan fingerprint density at radius 3 is 2.68 bits per heavy atom. The third kappa shape index (κ3) is 3.47. The second-order valence-corrected chi connectivity index (χ2v) is 5.20. The highest BCUT2D eigenvalue weighted by Crippen LogP contribution is 2.29. The van der Waals surface area contributed by atoms with Crippen molar-refractivity contribution in [2.24, 2.45) is 0 Å². The Kier molecular flexibility index (Phi) is 4.81. The van der Waals surface area contributed by atoms with E-state index in [0.29, 0.717) is 10.0 Å². The summed E-state index contributed by atoms with van der Waals surface area (Å²) in [6, 6.07) is 11.4. The lowest BCUT2D eigenvalue weighted by Gasteiger charge is -2.19. The molecule has 0 amide bonds. The summed E-state index contributed by atoms with van der Waals surface area (Å²) in [6.45, 7) is 4.86. The quantitative estimate of drug-likeness (QED) is 0.904. The molecule has 0 saturated heterocycles. The van der Waals surface area contributed by atoms with Gasteiger partial charge in [-0.05, 0) is 49.4 Å². The van der Waals surface area contributed by atoms with E-state index in [-0.39, 0.29) is 6.04 Å². The summed E-state index contributed by atoms with van der Waals surface area (Å²) < 4.78 is 0. The average Bonchev–Trinajstić information content (AvgIpc) is 2.39. The first-order chi connectivity index (χ1) is 9.11. The number of aromatic nitrogens is 1. The van der Waals surface area contributed by atoms with Gasteiger partial charge in [-0.15, -0.1) is 0 Å². The van der Waals surface area contributed by atoms with Gasteiger partial charge in [0.1, 0.15) is 0 Å². The zero-order valence-electron chi connectivity index (χ0n) is 11.0. The van der Waals surface area contributed by atoms with E-state index in [1.54, 1.807) is 6.07 Å². The number of hydrogen-bond acceptors (Lipinski definition) is 2. The predicted molar refractivity (Wildman–Crippen MR) is 81.0 cm³/mol. The lowest BCUT2D eigenvalue weighted by atomic mass is 10.0. The highest BCUT2D eigenvalue weighted by molar-refractivity contribution is 6.33. The minimum Gasteiger partial charge on any atom is -0.305 e. The summed E-state index contributed by atoms with van der Waals surface area (Å²) in [5.41, 5.74) is 2.89. The number of halogens is 2. The molecule has 2 aromatic rings. The van der Waals surface area contributed by atoms with E-state index in [4.69, 9.17) is 23.2 Å². The van der Waals surface area contributed by atoms with Crippen molar-refractivity contribution in [1.29, 1.82) is 0 Å². The lowest BCUT2D eigenvalue weighted by Crippen LogP contribution is -2.23. The SMILES string of the molecule is CCNC(c1cccc(C)n1)c1cc(Cl)ccc1Cl. The summed E-state index contributed by atoms with van der Waals surface area (Å²) in [5.74, 6) is 0. The number of aryl methyl sites for hydroxylation is 1. The molecule has 100 valence electrons. The summed E-state index contributed by atoms with van der Waals surface area (Å²) in [7, 11) is 0. The number of pyridine rings is 1. The smallest absolute Gasteiger partial charge is 0.0766 e. The summed E-state index contributed by atoms with van der Waals surface area (Å²) in [4.78, 5) is 4.58. The topological polar surface area (TPSA) is 24.9 Å². The maximum atomic E-state index is 6.29. The van der Waals surface area contributed by atoms with Gasteiger partial charge in [-0.25, -0.2) is 0 Å². The zero-order chi connectivity index (χ0) is 13.8. The molecule has 1 atom stereocenters. The molecule has 2 rings (SSSR count). The zero-order valence-corrected chi connectivity index (χ0v) is 12.5. The van der Waals surface area contributed by atoms with E-state index in [9.17, 15) is 0 Å². The fourth-order valence-corrected chi connectivity index (χ4v) is 2.45. The van der Waals surface area contributed by atoms with Crippen molar-refractivity contribution in [3.05, 3.63) is 63.4 Å². The second-order valence-electron chi connectivity index (χ2n) is 4.36. The first kappa shape index (κ1) is 14.3. The fraction of sp³-hybridized carbons (Fsp3) is 0.267. The van der Waals surface area contributed by atoms with Crippen LogP contribution in [-0.2, 0) is 0 Å². The van der Waals surface area contributed by atoms with Gasteiger partial charge in [0, 0.05) is 15.7 Å². The molecule has 0 aliphatic carbocycles. The molecule has 0 saturated carbocycles. The van der Waals surface area contributed by atoms with Crippen molar-refractivity contribution in [3.8, 4) is 0 Å². The molecule has 0 fully saturated rings. The standard InChI is InChI=1S/C15H16Cl2N2/c1-3-18-15(14-6-4-5-10(2)19-14)12-9-11(16)7-8-13(12)17/h4-9,15,18H,3H2,1-2H3. The van der Waals surface area contributed by atoms with E-state index >= 15 is 0 Å². The van der Waals surface area contributed by atoms with Crippen molar-refractivity contribution in [2.45, 2.75) is 19.9 Å². The first-order valence-electron chi connectivity index (χ1n) is 6.23. The summed E-state index contributed by atoms with van der Waals surface area (Å²) in [6.07, 6.45) is 0. The highest BCUT2D eigenvalue weighted by Gasteiger charge is 2.17. The van der Waals surface area contributed by atoms with Crippen LogP contribution in [0.25, 0.3) is 0 Å². The minimum atomic E-state index is -0.0453. The molecule has 0 spiro atoms. The van der Waals surface area contributed by atoms with Crippen LogP contribution in [0.15, 0.2) is 36.4 Å². The molecular formula is C15H16Cl2N2. The maximum Gasteiger partial charge on any atom is 0.0766 e. The van der Waals surface area contributed by atoms with Crippen molar-refractivity contribution >= 4 is 23.2 Å². The van der Waals surface area contributed by atoms with Crippen LogP contribution >= 0.6 is 23.2 Å². The maximum absolute atomic E-state index is 6.29. The predicted octanol–water partition coefficient (Wildman–Crippen LogP) is 4.40. The van der Waals surface area contributed by atoms with E-state index in [1.807, 2.05) is 37.3 Å². The monoisotopic (exact) mass is 294 g/mol. The Labute approximate surface area is 123 Å². The number of nitrogens with one attached hydrogen (secondary N) is 1. The van der Waals surface area contributed by atoms with Crippen LogP contribution in [0.1, 0.15) is 29.9 Å². The Hall–Kier alpha value is -1.09. The van der Waals surface area contributed by atoms with Crippen LogP contribution in [0.4, 0.5) is 0 Å². The van der Waals surface area contributed by atoms with Gasteiger partial charge in [0.2, 0.25) is 0 Å². The normalized spacial score (nSPS) is 12.4. The average molecular weight is 295 g/mol. The minimum absolute atomic E-state index is 0.0453. The highest BCUT2D eigenvalue weighted by atomic mass is 35.5. The van der Waals surface area contributed by atoms with Gasteiger partial charge in [-0.3, -0.25) is 4.98 Å². The van der Waals surface area contributed by atoms with Gasteiger partial charge in [0.25, 0.3) is 0 Å². The molecule has 0 bridgehead atoms. The van der Waals surface area contributed by atoms with E-state index in [0.717, 1.165) is 23.5 Å². The van der Waals surface area contributed by atoms with E-state index < -0.39 is 0 Å². The van der Waals surface area contributed by atoms with E-state index in [1.165, 1.54) is 0 Å². The van der Waals surface area contributed by atoms with Crippen LogP contribution in [-0.4, -0.2) is 11.5 Å². The molecule has 1 N–H and O–H groups in total. The molecular weight excluding hydrogens is 279 g/mol. The second kappa shape index (κ2) is 6.38. The Morgan fingerprint density at radius 1 is 1.21 bits per heavy atom. The van der Waals surface area contributed by atoms with Crippen molar-refractivity contribution in [2.75, 3.05) is 6.54 Å². The van der Waals surface area contributed by atoms with Gasteiger partial charge < -0.3 is 5.32 Å². The van der Waals surface area contributed by atoms with Crippen molar-refractivity contribution in [1.82, 2.24) is 10.3 Å². The molecule has 0 aliphatic rings. The van der Waals surface area contributed by atoms with Crippen LogP contribution < -0.4 is 5.32 Å². The van der Waals surface area contributed by atoms with Gasteiger partial charge in [-0.2, -0.15) is 0 Å². The molecule has 2 nitrogen and oxygen atoms in total. The molecule has 0 aliphatic heterocycles. The van der Waals surface area contributed by atoms with Crippen LogP contribution in [0, 0.1) is 6.92 Å². The largest absolute Gasteiger partial charge is 0.305 e. The molecule has 1 aromatic carbocycles. The van der Waals surface area contributed by atoms with Crippen molar-refractivity contribution in [3.63, 3.8) is 0 Å². The van der Waals surface area contributed by atoms with Gasteiger partial charge in [-0.1, -0.05) is 36.2 Å². The van der Waals surface area contributed by atoms with Crippen LogP contribution in [0.3, 0.4) is 0 Å². The number of hydrogen-bond donors (Lipinski definition) is 1. The van der Waals surface area contributed by atoms with Gasteiger partial charge >= 0.3 is 0 Å². The van der Waals surface area contributed by atoms with Crippen LogP contribution in [0.2, 0.25) is 10.0 Å². The molecule has 1 unspecified atom stereocenters. The van der Waals surface area contributed by atoms with Gasteiger partial charge in [0.05, 0.1) is 11.7 Å². The molecule has 1 heterocycles. The Morgan fingerprint density at radius 2 is 2.00 bits per heavy atom. The first-order valence-corrected chi connectivity index (χ1v) is 6.99. The van der Waals surface area contributed by atoms with Crippen molar-refractivity contribution < 1.29 is 0 Å². The number of nitrogens with zero attached hydrogens (tertiary/aromatic N) is 1. The summed E-state index contributed by atoms with van der Waals surface area (Å²) in [5, 5.41) is 4.77. The molecule has 4 heteroatoms. The lowest BCUT2D eigenvalue weighted by molar-refractivity contribution is 0.614. The molecule has 19 heavy (non-hydrogen) atoms. The summed E-state index contributed by atoms with van der Waals surface area (Å²) >= 11 is 12.4. The molecule has 0 radical (unpaired) electrons. The third-order valence-corrected chi connectivity index (χ3v) is 3.46. The number of rotatable bonds is 4. The van der Waals surface area contributed by atoms with E-state index in [2.05, 4.69) is 17.2 Å². The Bertz CT molecular complexity index is 570. The Balaban J connectivity index is 2.48. The van der Waals surface area contributed by atoms with Crippen LogP contribution in [0.5, 0.6) is 0 Å².